The fourth-order valence-corrected chi connectivity index (χ4v) is 2.59. The lowest BCUT2D eigenvalue weighted by Gasteiger charge is -2.12. The Balaban J connectivity index is 1.92. The van der Waals surface area contributed by atoms with Crippen molar-refractivity contribution in [1.82, 2.24) is 5.32 Å². The van der Waals surface area contributed by atoms with E-state index < -0.39 is 17.9 Å². The number of rotatable bonds is 6. The minimum Gasteiger partial charge on any atom is -0.480 e. The lowest BCUT2D eigenvalue weighted by Crippen LogP contribution is -2.42. The van der Waals surface area contributed by atoms with Crippen molar-refractivity contribution in [3.05, 3.63) is 35.6 Å². The summed E-state index contributed by atoms with van der Waals surface area (Å²) in [5, 5.41) is 12.6. The van der Waals surface area contributed by atoms with Crippen LogP contribution < -0.4 is 5.32 Å². The highest BCUT2D eigenvalue weighted by Gasteiger charge is 2.38. The molecule has 0 saturated heterocycles. The third-order valence-corrected chi connectivity index (χ3v) is 3.84. The summed E-state index contributed by atoms with van der Waals surface area (Å²) < 4.78 is 10.8. The Morgan fingerprint density at radius 1 is 1.41 bits per heavy atom. The summed E-state index contributed by atoms with van der Waals surface area (Å²) in [6.45, 7) is 0.223. The molecule has 1 unspecified atom stereocenters. The van der Waals surface area contributed by atoms with Crippen LogP contribution in [0.5, 0.6) is 0 Å². The molecular formula is C16H17NO5. The number of carbonyl (C=O) groups excluding carboxylic acids is 1. The number of ether oxygens (including phenoxy) is 1. The molecule has 22 heavy (non-hydrogen) atoms. The van der Waals surface area contributed by atoms with Gasteiger partial charge >= 0.3 is 5.97 Å². The predicted molar refractivity (Wildman–Crippen MR) is 78.5 cm³/mol. The van der Waals surface area contributed by atoms with Gasteiger partial charge in [0, 0.05) is 18.1 Å². The van der Waals surface area contributed by atoms with Gasteiger partial charge in [0.15, 0.2) is 5.76 Å². The molecule has 1 aromatic heterocycles. The number of carboxylic acids is 1. The van der Waals surface area contributed by atoms with Crippen LogP contribution in [-0.4, -0.2) is 30.1 Å². The molecule has 1 fully saturated rings. The van der Waals surface area contributed by atoms with Gasteiger partial charge in [-0.2, -0.15) is 0 Å². The van der Waals surface area contributed by atoms with Crippen molar-refractivity contribution in [2.45, 2.75) is 25.5 Å². The molecule has 2 aromatic rings. The van der Waals surface area contributed by atoms with E-state index in [2.05, 4.69) is 5.32 Å². The number of para-hydroxylation sites is 1. The molecule has 2 N–H and O–H groups in total. The minimum atomic E-state index is -1.01. The highest BCUT2D eigenvalue weighted by atomic mass is 16.5. The molecule has 0 bridgehead atoms. The number of fused-ring (bicyclic) bond motifs is 1. The van der Waals surface area contributed by atoms with Crippen LogP contribution in [0.2, 0.25) is 0 Å². The van der Waals surface area contributed by atoms with Gasteiger partial charge in [-0.1, -0.05) is 18.2 Å². The first-order chi connectivity index (χ1) is 10.6. The zero-order chi connectivity index (χ0) is 15.7. The van der Waals surface area contributed by atoms with E-state index in [0.29, 0.717) is 11.1 Å². The Morgan fingerprint density at radius 2 is 2.14 bits per heavy atom. The quantitative estimate of drug-likeness (QED) is 0.853. The van der Waals surface area contributed by atoms with Gasteiger partial charge in [-0.3, -0.25) is 4.79 Å². The highest BCUT2D eigenvalue weighted by Crippen LogP contribution is 2.33. The van der Waals surface area contributed by atoms with Crippen molar-refractivity contribution in [2.75, 3.05) is 7.11 Å². The van der Waals surface area contributed by atoms with Gasteiger partial charge in [0.1, 0.15) is 11.6 Å². The van der Waals surface area contributed by atoms with Crippen molar-refractivity contribution in [1.29, 1.82) is 0 Å². The number of methoxy groups -OCH3 is 1. The summed E-state index contributed by atoms with van der Waals surface area (Å²) >= 11 is 0. The number of hydrogen-bond acceptors (Lipinski definition) is 4. The molecule has 6 heteroatoms. The fourth-order valence-electron chi connectivity index (χ4n) is 2.59. The number of benzene rings is 1. The Hall–Kier alpha value is -2.34. The standard InChI is InChI=1S/C16H17NO5/c1-21-8-11-10-4-2-3-5-12(10)22-14(11)15(18)17-13(16(19)20)9-6-7-9/h2-5,9,13H,6-8H2,1H3,(H,17,18)(H,19,20). The first kappa shape index (κ1) is 14.6. The van der Waals surface area contributed by atoms with Crippen molar-refractivity contribution in [3.63, 3.8) is 0 Å². The fraction of sp³-hybridized carbons (Fsp3) is 0.375. The molecule has 6 nitrogen and oxygen atoms in total. The van der Waals surface area contributed by atoms with Crippen LogP contribution in [-0.2, 0) is 16.1 Å². The number of aliphatic carboxylic acids is 1. The molecule has 1 heterocycles. The van der Waals surface area contributed by atoms with Gasteiger partial charge < -0.3 is 19.6 Å². The maximum atomic E-state index is 12.4. The Labute approximate surface area is 127 Å². The first-order valence-electron chi connectivity index (χ1n) is 7.15. The highest BCUT2D eigenvalue weighted by molar-refractivity contribution is 6.00. The lowest BCUT2D eigenvalue weighted by atomic mass is 10.1. The largest absolute Gasteiger partial charge is 0.480 e. The number of hydrogen-bond donors (Lipinski definition) is 2. The monoisotopic (exact) mass is 303 g/mol. The summed E-state index contributed by atoms with van der Waals surface area (Å²) in [6.07, 6.45) is 1.64. The molecule has 116 valence electrons. The van der Waals surface area contributed by atoms with E-state index in [-0.39, 0.29) is 18.3 Å². The van der Waals surface area contributed by atoms with Gasteiger partial charge in [0.25, 0.3) is 5.91 Å². The third kappa shape index (κ3) is 2.69. The second kappa shape index (κ2) is 5.81. The average Bonchev–Trinajstić information content (AvgIpc) is 3.27. The van der Waals surface area contributed by atoms with E-state index in [1.807, 2.05) is 18.2 Å². The second-order valence-electron chi connectivity index (χ2n) is 5.47. The Morgan fingerprint density at radius 3 is 2.77 bits per heavy atom. The van der Waals surface area contributed by atoms with E-state index in [0.717, 1.165) is 18.2 Å². The van der Waals surface area contributed by atoms with Crippen molar-refractivity contribution in [2.24, 2.45) is 5.92 Å². The average molecular weight is 303 g/mol. The Bertz CT molecular complexity index is 716. The summed E-state index contributed by atoms with van der Waals surface area (Å²) in [5.41, 5.74) is 1.22. The summed E-state index contributed by atoms with van der Waals surface area (Å²) in [6, 6.07) is 6.41. The second-order valence-corrected chi connectivity index (χ2v) is 5.47. The normalized spacial score (nSPS) is 15.7. The Kier molecular flexibility index (Phi) is 3.85. The molecule has 0 radical (unpaired) electrons. The van der Waals surface area contributed by atoms with E-state index in [1.54, 1.807) is 6.07 Å². The zero-order valence-electron chi connectivity index (χ0n) is 12.2. The van der Waals surface area contributed by atoms with Gasteiger partial charge in [0.05, 0.1) is 6.61 Å². The summed E-state index contributed by atoms with van der Waals surface area (Å²) in [4.78, 5) is 23.7. The molecule has 1 amide bonds. The van der Waals surface area contributed by atoms with Gasteiger partial charge in [-0.15, -0.1) is 0 Å². The van der Waals surface area contributed by atoms with Crippen molar-refractivity contribution < 1.29 is 23.8 Å². The number of nitrogens with one attached hydrogen (secondary N) is 1. The van der Waals surface area contributed by atoms with E-state index >= 15 is 0 Å². The van der Waals surface area contributed by atoms with Crippen LogP contribution in [0.15, 0.2) is 28.7 Å². The molecule has 0 aliphatic heterocycles. The van der Waals surface area contributed by atoms with Crippen LogP contribution in [0.1, 0.15) is 29.0 Å². The zero-order valence-corrected chi connectivity index (χ0v) is 12.2. The third-order valence-electron chi connectivity index (χ3n) is 3.84. The topological polar surface area (TPSA) is 88.8 Å². The van der Waals surface area contributed by atoms with Crippen LogP contribution >= 0.6 is 0 Å². The van der Waals surface area contributed by atoms with E-state index in [4.69, 9.17) is 9.15 Å². The summed E-state index contributed by atoms with van der Waals surface area (Å²) in [5.74, 6) is -1.39. The number of furan rings is 1. The van der Waals surface area contributed by atoms with E-state index in [9.17, 15) is 14.7 Å². The maximum Gasteiger partial charge on any atom is 0.326 e. The maximum absolute atomic E-state index is 12.4. The van der Waals surface area contributed by atoms with Gasteiger partial charge in [-0.25, -0.2) is 4.79 Å². The number of amides is 1. The molecule has 1 aliphatic carbocycles. The number of carboxylic acid groups (broad SMARTS) is 1. The lowest BCUT2D eigenvalue weighted by molar-refractivity contribution is -0.139. The van der Waals surface area contributed by atoms with Crippen LogP contribution in [0.4, 0.5) is 0 Å². The van der Waals surface area contributed by atoms with E-state index in [1.165, 1.54) is 7.11 Å². The molecule has 3 rings (SSSR count). The predicted octanol–water partition coefficient (Wildman–Crippen LogP) is 2.17. The number of carbonyl (C=O) groups is 2. The van der Waals surface area contributed by atoms with Crippen LogP contribution in [0.25, 0.3) is 11.0 Å². The first-order valence-corrected chi connectivity index (χ1v) is 7.15. The molecule has 1 aliphatic rings. The molecule has 1 saturated carbocycles. The van der Waals surface area contributed by atoms with Gasteiger partial charge in [0.2, 0.25) is 0 Å². The van der Waals surface area contributed by atoms with Crippen molar-refractivity contribution >= 4 is 22.8 Å². The SMILES string of the molecule is COCc1c(C(=O)NC(C(=O)O)C2CC2)oc2ccccc12. The molecular weight excluding hydrogens is 286 g/mol. The molecule has 1 aromatic carbocycles. The molecule has 0 spiro atoms. The van der Waals surface area contributed by atoms with Crippen LogP contribution in [0.3, 0.4) is 0 Å². The van der Waals surface area contributed by atoms with Crippen LogP contribution in [0, 0.1) is 5.92 Å². The molecule has 1 atom stereocenters. The summed E-state index contributed by atoms with van der Waals surface area (Å²) in [7, 11) is 1.54. The smallest absolute Gasteiger partial charge is 0.326 e. The van der Waals surface area contributed by atoms with Crippen molar-refractivity contribution in [3.8, 4) is 0 Å². The van der Waals surface area contributed by atoms with Gasteiger partial charge in [-0.05, 0) is 24.8 Å². The minimum absolute atomic E-state index is 0.0108.